The summed E-state index contributed by atoms with van der Waals surface area (Å²) in [6.07, 6.45) is 10.5. The molecule has 0 saturated heterocycles. The molecule has 0 radical (unpaired) electrons. The lowest BCUT2D eigenvalue weighted by Crippen LogP contribution is -2.21. The summed E-state index contributed by atoms with van der Waals surface area (Å²) in [5.41, 5.74) is 1.58. The Hall–Kier alpha value is -1.62. The van der Waals surface area contributed by atoms with E-state index >= 15 is 0 Å². The third-order valence-electron chi connectivity index (χ3n) is 3.63. The first-order valence-electron chi connectivity index (χ1n) is 7.87. The normalized spacial score (nSPS) is 14.9. The van der Waals surface area contributed by atoms with Gasteiger partial charge in [-0.3, -0.25) is 0 Å². The highest BCUT2D eigenvalue weighted by Gasteiger charge is 2.04. The van der Waals surface area contributed by atoms with Crippen molar-refractivity contribution in [2.24, 2.45) is 0 Å². The first kappa shape index (κ1) is 15.8. The van der Waals surface area contributed by atoms with Gasteiger partial charge in [-0.05, 0) is 52.3 Å². The van der Waals surface area contributed by atoms with E-state index in [9.17, 15) is 0 Å². The Morgan fingerprint density at radius 1 is 1.19 bits per heavy atom. The molecule has 2 rings (SSSR count). The van der Waals surface area contributed by atoms with E-state index in [0.29, 0.717) is 5.95 Å². The number of hydrogen-bond acceptors (Lipinski definition) is 5. The molecule has 1 aromatic rings. The molecule has 1 aliphatic rings. The monoisotopic (exact) mass is 289 g/mol. The number of nitrogens with one attached hydrogen (secondary N) is 2. The number of nitrogens with zero attached hydrogens (tertiary/aromatic N) is 3. The summed E-state index contributed by atoms with van der Waals surface area (Å²) in [6.45, 7) is 2.78. The topological polar surface area (TPSA) is 53.1 Å². The van der Waals surface area contributed by atoms with Crippen molar-refractivity contribution in [2.45, 2.75) is 32.1 Å². The molecule has 116 valence electrons. The van der Waals surface area contributed by atoms with E-state index in [1.807, 2.05) is 6.07 Å². The second-order valence-corrected chi connectivity index (χ2v) is 5.78. The second kappa shape index (κ2) is 8.62. The SMILES string of the molecule is CN(C)CCNc1ccnc(NCCC2=CCCCC2)n1. The minimum absolute atomic E-state index is 0.710. The molecule has 0 saturated carbocycles. The molecule has 0 spiro atoms. The van der Waals surface area contributed by atoms with Gasteiger partial charge in [0.2, 0.25) is 5.95 Å². The maximum absolute atomic E-state index is 4.48. The lowest BCUT2D eigenvalue weighted by Gasteiger charge is -2.13. The summed E-state index contributed by atoms with van der Waals surface area (Å²) in [4.78, 5) is 10.9. The average molecular weight is 289 g/mol. The van der Waals surface area contributed by atoms with Crippen LogP contribution in [0.15, 0.2) is 23.9 Å². The minimum atomic E-state index is 0.710. The van der Waals surface area contributed by atoms with Crippen molar-refractivity contribution in [2.75, 3.05) is 44.4 Å². The van der Waals surface area contributed by atoms with E-state index in [-0.39, 0.29) is 0 Å². The summed E-state index contributed by atoms with van der Waals surface area (Å²) in [5, 5.41) is 6.63. The van der Waals surface area contributed by atoms with Crippen molar-refractivity contribution in [3.63, 3.8) is 0 Å². The van der Waals surface area contributed by atoms with E-state index in [2.05, 4.69) is 45.7 Å². The number of allylic oxidation sites excluding steroid dienone is 1. The molecule has 0 aliphatic heterocycles. The Labute approximate surface area is 127 Å². The standard InChI is InChI=1S/C16H27N5/c1-21(2)13-12-17-15-9-11-19-16(20-15)18-10-8-14-6-4-3-5-7-14/h6,9,11H,3-5,7-8,10,12-13H2,1-2H3,(H2,17,18,19,20). The largest absolute Gasteiger partial charge is 0.369 e. The van der Waals surface area contributed by atoms with Crippen LogP contribution in [0.25, 0.3) is 0 Å². The molecule has 0 amide bonds. The second-order valence-electron chi connectivity index (χ2n) is 5.78. The fourth-order valence-corrected chi connectivity index (χ4v) is 2.42. The third kappa shape index (κ3) is 6.12. The molecule has 0 bridgehead atoms. The van der Waals surface area contributed by atoms with E-state index in [4.69, 9.17) is 0 Å². The molecule has 0 unspecified atom stereocenters. The fourth-order valence-electron chi connectivity index (χ4n) is 2.42. The van der Waals surface area contributed by atoms with Crippen LogP contribution in [-0.4, -0.2) is 48.6 Å². The molecule has 21 heavy (non-hydrogen) atoms. The van der Waals surface area contributed by atoms with Gasteiger partial charge in [0.05, 0.1) is 0 Å². The van der Waals surface area contributed by atoms with E-state index in [1.54, 1.807) is 11.8 Å². The first-order chi connectivity index (χ1) is 10.2. The lowest BCUT2D eigenvalue weighted by atomic mass is 9.97. The molecular formula is C16H27N5. The zero-order valence-corrected chi connectivity index (χ0v) is 13.2. The highest BCUT2D eigenvalue weighted by Crippen LogP contribution is 2.19. The van der Waals surface area contributed by atoms with Gasteiger partial charge < -0.3 is 15.5 Å². The molecule has 1 aliphatic carbocycles. The minimum Gasteiger partial charge on any atom is -0.369 e. The first-order valence-corrected chi connectivity index (χ1v) is 7.87. The predicted molar refractivity (Wildman–Crippen MR) is 88.7 cm³/mol. The van der Waals surface area contributed by atoms with Gasteiger partial charge in [0.25, 0.3) is 0 Å². The molecule has 0 aromatic carbocycles. The lowest BCUT2D eigenvalue weighted by molar-refractivity contribution is 0.425. The Morgan fingerprint density at radius 2 is 2.10 bits per heavy atom. The molecule has 5 heteroatoms. The van der Waals surface area contributed by atoms with Gasteiger partial charge in [-0.25, -0.2) is 4.98 Å². The van der Waals surface area contributed by atoms with Crippen LogP contribution in [-0.2, 0) is 0 Å². The molecule has 2 N–H and O–H groups in total. The van der Waals surface area contributed by atoms with Crippen LogP contribution in [0, 0.1) is 0 Å². The fraction of sp³-hybridized carbons (Fsp3) is 0.625. The van der Waals surface area contributed by atoms with Gasteiger partial charge in [0.1, 0.15) is 5.82 Å². The molecule has 0 atom stereocenters. The highest BCUT2D eigenvalue weighted by atomic mass is 15.1. The van der Waals surface area contributed by atoms with Crippen LogP contribution in [0.2, 0.25) is 0 Å². The van der Waals surface area contributed by atoms with Crippen molar-refractivity contribution in [1.82, 2.24) is 14.9 Å². The van der Waals surface area contributed by atoms with Gasteiger partial charge in [0, 0.05) is 25.8 Å². The average Bonchev–Trinajstić information content (AvgIpc) is 2.48. The van der Waals surface area contributed by atoms with Crippen LogP contribution < -0.4 is 10.6 Å². The molecule has 5 nitrogen and oxygen atoms in total. The number of rotatable bonds is 8. The van der Waals surface area contributed by atoms with Crippen molar-refractivity contribution in [3.05, 3.63) is 23.9 Å². The highest BCUT2D eigenvalue weighted by molar-refractivity contribution is 5.39. The van der Waals surface area contributed by atoms with Gasteiger partial charge in [-0.15, -0.1) is 0 Å². The number of hydrogen-bond donors (Lipinski definition) is 2. The van der Waals surface area contributed by atoms with E-state index in [1.165, 1.54) is 25.7 Å². The van der Waals surface area contributed by atoms with Crippen LogP contribution in [0.5, 0.6) is 0 Å². The number of aromatic nitrogens is 2. The summed E-state index contributed by atoms with van der Waals surface area (Å²) < 4.78 is 0. The molecule has 0 fully saturated rings. The van der Waals surface area contributed by atoms with Gasteiger partial charge in [0.15, 0.2) is 0 Å². The van der Waals surface area contributed by atoms with Crippen LogP contribution >= 0.6 is 0 Å². The van der Waals surface area contributed by atoms with E-state index < -0.39 is 0 Å². The zero-order chi connectivity index (χ0) is 14.9. The molecule has 1 aromatic heterocycles. The zero-order valence-electron chi connectivity index (χ0n) is 13.2. The summed E-state index contributed by atoms with van der Waals surface area (Å²) in [5.74, 6) is 1.59. The third-order valence-corrected chi connectivity index (χ3v) is 3.63. The van der Waals surface area contributed by atoms with Crippen molar-refractivity contribution in [3.8, 4) is 0 Å². The summed E-state index contributed by atoms with van der Waals surface area (Å²) in [6, 6.07) is 1.91. The van der Waals surface area contributed by atoms with Gasteiger partial charge in [-0.1, -0.05) is 11.6 Å². The van der Waals surface area contributed by atoms with Crippen molar-refractivity contribution < 1.29 is 0 Å². The molecular weight excluding hydrogens is 262 g/mol. The predicted octanol–water partition coefficient (Wildman–Crippen LogP) is 2.75. The maximum Gasteiger partial charge on any atom is 0.224 e. The van der Waals surface area contributed by atoms with Gasteiger partial charge >= 0.3 is 0 Å². The summed E-state index contributed by atoms with van der Waals surface area (Å²) >= 11 is 0. The van der Waals surface area contributed by atoms with Crippen LogP contribution in [0.4, 0.5) is 11.8 Å². The smallest absolute Gasteiger partial charge is 0.224 e. The van der Waals surface area contributed by atoms with Crippen LogP contribution in [0.3, 0.4) is 0 Å². The van der Waals surface area contributed by atoms with Crippen molar-refractivity contribution >= 4 is 11.8 Å². The quantitative estimate of drug-likeness (QED) is 0.721. The summed E-state index contributed by atoms with van der Waals surface area (Å²) in [7, 11) is 4.13. The number of anilines is 2. The Bertz CT molecular complexity index is 456. The Balaban J connectivity index is 1.73. The van der Waals surface area contributed by atoms with Crippen LogP contribution in [0.1, 0.15) is 32.1 Å². The van der Waals surface area contributed by atoms with Crippen molar-refractivity contribution in [1.29, 1.82) is 0 Å². The van der Waals surface area contributed by atoms with Gasteiger partial charge in [-0.2, -0.15) is 4.98 Å². The molecule has 1 heterocycles. The maximum atomic E-state index is 4.48. The Kier molecular flexibility index (Phi) is 6.47. The number of likely N-dealkylation sites (N-methyl/N-ethyl adjacent to an activating group) is 1. The Morgan fingerprint density at radius 3 is 2.86 bits per heavy atom. The van der Waals surface area contributed by atoms with E-state index in [0.717, 1.165) is 31.9 Å².